The first kappa shape index (κ1) is 54.7. The predicted octanol–water partition coefficient (Wildman–Crippen LogP) is 0.912. The number of rotatable bonds is 31. The predicted molar refractivity (Wildman–Crippen MR) is 244 cm³/mol. The minimum Gasteiger partial charge on any atom is -0.480 e. The van der Waals surface area contributed by atoms with E-state index in [0.29, 0.717) is 56.5 Å². The molecular weight excluding hydrogens is 823 g/mol. The number of aliphatic carboxylic acids is 1. The van der Waals surface area contributed by atoms with Gasteiger partial charge in [-0.25, -0.2) is 9.78 Å². The van der Waals surface area contributed by atoms with Crippen LogP contribution in [0.15, 0.2) is 42.9 Å². The molecule has 0 aliphatic heterocycles. The number of aromatic amines is 1. The molecule has 19 nitrogen and oxygen atoms in total. The zero-order chi connectivity index (χ0) is 47.8. The van der Waals surface area contributed by atoms with E-state index < -0.39 is 83.7 Å². The number of hydrogen-bond donors (Lipinski definition) is 11. The van der Waals surface area contributed by atoms with Crippen molar-refractivity contribution >= 4 is 41.4 Å². The summed E-state index contributed by atoms with van der Waals surface area (Å²) >= 11 is 0. The molecule has 0 unspecified atom stereocenters. The first-order chi connectivity index (χ1) is 30.4. The van der Waals surface area contributed by atoms with E-state index in [1.807, 2.05) is 41.5 Å². The summed E-state index contributed by atoms with van der Waals surface area (Å²) < 4.78 is 0. The van der Waals surface area contributed by atoms with Crippen molar-refractivity contribution in [3.05, 3.63) is 54.1 Å². The van der Waals surface area contributed by atoms with Gasteiger partial charge in [-0.1, -0.05) is 78.3 Å². The average Bonchev–Trinajstić information content (AvgIpc) is 3.77. The van der Waals surface area contributed by atoms with Crippen LogP contribution >= 0.6 is 0 Å². The summed E-state index contributed by atoms with van der Waals surface area (Å²) in [6.07, 6.45) is 6.41. The van der Waals surface area contributed by atoms with Crippen molar-refractivity contribution in [2.45, 2.75) is 154 Å². The molecule has 0 saturated carbocycles. The van der Waals surface area contributed by atoms with Crippen LogP contribution in [0.5, 0.6) is 0 Å². The van der Waals surface area contributed by atoms with E-state index in [1.54, 1.807) is 30.3 Å². The molecule has 0 fully saturated rings. The number of amides is 6. The second-order valence-corrected chi connectivity index (χ2v) is 17.4. The van der Waals surface area contributed by atoms with Crippen LogP contribution in [0.25, 0.3) is 0 Å². The molecule has 8 atom stereocenters. The van der Waals surface area contributed by atoms with Gasteiger partial charge in [0.1, 0.15) is 36.3 Å². The number of nitrogens with two attached hydrogens (primary N) is 3. The van der Waals surface area contributed by atoms with Gasteiger partial charge in [-0.05, 0) is 87.8 Å². The molecule has 1 heterocycles. The molecule has 0 saturated heterocycles. The van der Waals surface area contributed by atoms with Crippen molar-refractivity contribution in [3.8, 4) is 0 Å². The maximum Gasteiger partial charge on any atom is 0.326 e. The van der Waals surface area contributed by atoms with Crippen LogP contribution in [-0.2, 0) is 46.4 Å². The van der Waals surface area contributed by atoms with Gasteiger partial charge in [0.2, 0.25) is 35.4 Å². The third kappa shape index (κ3) is 20.0. The van der Waals surface area contributed by atoms with Gasteiger partial charge in [-0.3, -0.25) is 28.8 Å². The number of carboxylic acid groups (broad SMARTS) is 1. The topological polar surface area (TPSA) is 319 Å². The molecule has 1 aromatic carbocycles. The Kier molecular flexibility index (Phi) is 24.9. The van der Waals surface area contributed by atoms with Gasteiger partial charge in [-0.15, -0.1) is 0 Å². The molecule has 0 bridgehead atoms. The minimum atomic E-state index is -1.29. The van der Waals surface area contributed by atoms with Gasteiger partial charge in [0.15, 0.2) is 0 Å². The standard InChI is InChI=1S/C45H75N11O8/c1-7-29(6)38(48)44(62)51-32(17-11-13-19-46)39(57)53-35(22-28(4)5)41(59)56-37(24-31-25-49-26-50-31)43(61)55-36(23-30-15-9-8-10-16-30)42(60)54-34(21-27(2)3)40(58)52-33(45(63)64)18-12-14-20-47/h8-10,15-16,25-29,32-38H,7,11-14,17-24,46-48H2,1-6H3,(H,49,50)(H,51,62)(H,52,58)(H,53,57)(H,54,60)(H,55,61)(H,56,59)(H,63,64)/t29-,32-,33-,34-,35-,36-,37-,38-/m0/s1. The molecule has 14 N–H and O–H groups in total. The highest BCUT2D eigenvalue weighted by Gasteiger charge is 2.35. The lowest BCUT2D eigenvalue weighted by Gasteiger charge is -2.28. The molecule has 64 heavy (non-hydrogen) atoms. The van der Waals surface area contributed by atoms with E-state index in [4.69, 9.17) is 17.2 Å². The Labute approximate surface area is 377 Å². The van der Waals surface area contributed by atoms with Gasteiger partial charge in [-0.2, -0.15) is 0 Å². The molecule has 19 heteroatoms. The first-order valence-electron chi connectivity index (χ1n) is 22.6. The molecule has 358 valence electrons. The molecule has 0 spiro atoms. The fourth-order valence-corrected chi connectivity index (χ4v) is 6.94. The molecule has 2 rings (SSSR count). The van der Waals surface area contributed by atoms with Gasteiger partial charge in [0, 0.05) is 24.7 Å². The lowest BCUT2D eigenvalue weighted by molar-refractivity contribution is -0.142. The van der Waals surface area contributed by atoms with Crippen molar-refractivity contribution in [2.24, 2.45) is 35.0 Å². The fraction of sp³-hybridized carbons (Fsp3) is 0.644. The second-order valence-electron chi connectivity index (χ2n) is 17.4. The van der Waals surface area contributed by atoms with E-state index in [1.165, 1.54) is 12.5 Å². The van der Waals surface area contributed by atoms with Gasteiger partial charge in [0.25, 0.3) is 0 Å². The number of aromatic nitrogens is 2. The average molecular weight is 898 g/mol. The van der Waals surface area contributed by atoms with Crippen molar-refractivity contribution in [2.75, 3.05) is 13.1 Å². The van der Waals surface area contributed by atoms with Crippen LogP contribution < -0.4 is 49.1 Å². The summed E-state index contributed by atoms with van der Waals surface area (Å²) in [5.74, 6) is -5.44. The number of nitrogens with zero attached hydrogens (tertiary/aromatic N) is 1. The van der Waals surface area contributed by atoms with Crippen molar-refractivity contribution in [3.63, 3.8) is 0 Å². The Hall–Kier alpha value is -5.40. The second kappa shape index (κ2) is 29.1. The Morgan fingerprint density at radius 1 is 0.609 bits per heavy atom. The van der Waals surface area contributed by atoms with Crippen LogP contribution in [0.4, 0.5) is 0 Å². The molecule has 1 aromatic heterocycles. The summed E-state index contributed by atoms with van der Waals surface area (Å²) in [4.78, 5) is 102. The molecule has 2 aromatic rings. The SMILES string of the molecule is CC[C@H](C)[C@H](N)C(=O)N[C@@H](CCCCN)C(=O)N[C@@H](CC(C)C)C(=O)N[C@@H](Cc1cnc[nH]1)C(=O)N[C@@H](Cc1ccccc1)C(=O)N[C@@H](CC(C)C)C(=O)N[C@@H](CCCCN)C(=O)O. The largest absolute Gasteiger partial charge is 0.480 e. The number of unbranched alkanes of at least 4 members (excludes halogenated alkanes) is 2. The lowest BCUT2D eigenvalue weighted by atomic mass is 9.98. The summed E-state index contributed by atoms with van der Waals surface area (Å²) in [6.45, 7) is 12.0. The first-order valence-corrected chi connectivity index (χ1v) is 22.6. The molecular formula is C45H75N11O8. The van der Waals surface area contributed by atoms with Crippen molar-refractivity contribution < 1.29 is 38.7 Å². The molecule has 6 amide bonds. The van der Waals surface area contributed by atoms with Crippen LogP contribution in [0, 0.1) is 17.8 Å². The van der Waals surface area contributed by atoms with Gasteiger partial charge in [0.05, 0.1) is 12.4 Å². The Morgan fingerprint density at radius 2 is 1.05 bits per heavy atom. The summed E-state index contributed by atoms with van der Waals surface area (Å²) in [5.41, 5.74) is 18.7. The number of carbonyl (C=O) groups excluding carboxylic acids is 6. The van der Waals surface area contributed by atoms with Crippen LogP contribution in [0.1, 0.15) is 111 Å². The number of nitrogens with one attached hydrogen (secondary N) is 7. The number of hydrogen-bond acceptors (Lipinski definition) is 11. The highest BCUT2D eigenvalue weighted by molar-refractivity contribution is 5.97. The highest BCUT2D eigenvalue weighted by Crippen LogP contribution is 2.13. The number of imidazole rings is 1. The number of carboxylic acids is 1. The lowest BCUT2D eigenvalue weighted by Crippen LogP contribution is -2.60. The van der Waals surface area contributed by atoms with Gasteiger partial charge < -0.3 is 59.2 Å². The summed E-state index contributed by atoms with van der Waals surface area (Å²) in [7, 11) is 0. The number of benzene rings is 1. The molecule has 0 aliphatic carbocycles. The maximum atomic E-state index is 14.4. The third-order valence-corrected chi connectivity index (χ3v) is 10.9. The minimum absolute atomic E-state index is 0.0000175. The Morgan fingerprint density at radius 3 is 1.50 bits per heavy atom. The zero-order valence-corrected chi connectivity index (χ0v) is 38.5. The van der Waals surface area contributed by atoms with Gasteiger partial charge >= 0.3 is 5.97 Å². The number of H-pyrrole nitrogens is 1. The zero-order valence-electron chi connectivity index (χ0n) is 38.5. The Balaban J connectivity index is 2.45. The quantitative estimate of drug-likeness (QED) is 0.0471. The van der Waals surface area contributed by atoms with Crippen molar-refractivity contribution in [1.29, 1.82) is 0 Å². The van der Waals surface area contributed by atoms with E-state index in [9.17, 15) is 38.7 Å². The number of carbonyl (C=O) groups is 7. The normalized spacial score (nSPS) is 15.1. The third-order valence-electron chi connectivity index (χ3n) is 10.9. The van der Waals surface area contributed by atoms with Crippen LogP contribution in [0.2, 0.25) is 0 Å². The van der Waals surface area contributed by atoms with E-state index in [2.05, 4.69) is 41.9 Å². The smallest absolute Gasteiger partial charge is 0.326 e. The van der Waals surface area contributed by atoms with E-state index >= 15 is 0 Å². The van der Waals surface area contributed by atoms with E-state index in [0.717, 1.165) is 0 Å². The molecule has 0 aliphatic rings. The fourth-order valence-electron chi connectivity index (χ4n) is 6.94. The summed E-state index contributed by atoms with van der Waals surface area (Å²) in [5, 5.41) is 26.3. The monoisotopic (exact) mass is 898 g/mol. The van der Waals surface area contributed by atoms with Crippen LogP contribution in [0.3, 0.4) is 0 Å². The van der Waals surface area contributed by atoms with E-state index in [-0.39, 0.29) is 56.3 Å². The molecule has 0 radical (unpaired) electrons. The van der Waals surface area contributed by atoms with Crippen LogP contribution in [-0.4, -0.2) is 112 Å². The van der Waals surface area contributed by atoms with Crippen molar-refractivity contribution in [1.82, 2.24) is 41.9 Å². The Bertz CT molecular complexity index is 1740. The highest BCUT2D eigenvalue weighted by atomic mass is 16.4. The summed E-state index contributed by atoms with van der Waals surface area (Å²) in [6, 6.07) is 1.01. The maximum absolute atomic E-state index is 14.4.